The Morgan fingerprint density at radius 2 is 2.28 bits per heavy atom. The van der Waals surface area contributed by atoms with Gasteiger partial charge in [0.1, 0.15) is 5.82 Å². The number of piperidine rings is 1. The lowest BCUT2D eigenvalue weighted by atomic mass is 9.91. The van der Waals surface area contributed by atoms with E-state index in [2.05, 4.69) is 11.8 Å². The average Bonchev–Trinajstić information content (AvgIpc) is 2.34. The summed E-state index contributed by atoms with van der Waals surface area (Å²) in [6.07, 6.45) is 2.30. The number of likely N-dealkylation sites (tertiary alicyclic amines) is 1. The minimum absolute atomic E-state index is 0.165. The van der Waals surface area contributed by atoms with Crippen LogP contribution in [0, 0.1) is 11.7 Å². The molecule has 1 saturated heterocycles. The van der Waals surface area contributed by atoms with Crippen molar-refractivity contribution in [3.8, 4) is 0 Å². The number of hydrogen-bond acceptors (Lipinski definition) is 2. The van der Waals surface area contributed by atoms with Gasteiger partial charge < -0.3 is 5.11 Å². The lowest BCUT2D eigenvalue weighted by molar-refractivity contribution is 0.0472. The minimum atomic E-state index is -0.383. The van der Waals surface area contributed by atoms with Crippen molar-refractivity contribution in [2.24, 2.45) is 5.92 Å². The molecule has 0 amide bonds. The van der Waals surface area contributed by atoms with Crippen LogP contribution in [0.25, 0.3) is 0 Å². The predicted molar refractivity (Wildman–Crippen MR) is 71.1 cm³/mol. The van der Waals surface area contributed by atoms with E-state index in [1.807, 2.05) is 0 Å². The Morgan fingerprint density at radius 1 is 1.50 bits per heavy atom. The highest BCUT2D eigenvalue weighted by Gasteiger charge is 2.27. The Bertz CT molecular complexity index is 413. The smallest absolute Gasteiger partial charge is 0.141 e. The Labute approximate surface area is 112 Å². The van der Waals surface area contributed by atoms with Crippen LogP contribution in [0.3, 0.4) is 0 Å². The van der Waals surface area contributed by atoms with Gasteiger partial charge in [-0.15, -0.1) is 0 Å². The Balaban J connectivity index is 2.09. The molecule has 0 saturated carbocycles. The summed E-state index contributed by atoms with van der Waals surface area (Å²) in [6, 6.07) is 5.03. The Morgan fingerprint density at radius 3 is 2.94 bits per heavy atom. The predicted octanol–water partition coefficient (Wildman–Crippen LogP) is 3.07. The van der Waals surface area contributed by atoms with Crippen molar-refractivity contribution in [1.82, 2.24) is 4.90 Å². The topological polar surface area (TPSA) is 23.5 Å². The molecule has 2 atom stereocenters. The maximum atomic E-state index is 13.1. The van der Waals surface area contributed by atoms with Gasteiger partial charge in [0, 0.05) is 12.6 Å². The highest BCUT2D eigenvalue weighted by Crippen LogP contribution is 2.25. The van der Waals surface area contributed by atoms with Crippen LogP contribution in [0.1, 0.15) is 25.3 Å². The van der Waals surface area contributed by atoms with Crippen molar-refractivity contribution >= 4 is 11.6 Å². The van der Waals surface area contributed by atoms with Crippen LogP contribution in [0.5, 0.6) is 0 Å². The second-order valence-electron chi connectivity index (χ2n) is 5.09. The molecule has 2 rings (SSSR count). The summed E-state index contributed by atoms with van der Waals surface area (Å²) in [5.74, 6) is 0.116. The lowest BCUT2D eigenvalue weighted by Crippen LogP contribution is -2.45. The number of aliphatic hydroxyl groups is 1. The Hall–Kier alpha value is -0.640. The highest BCUT2D eigenvalue weighted by molar-refractivity contribution is 6.30. The van der Waals surface area contributed by atoms with E-state index >= 15 is 0 Å². The van der Waals surface area contributed by atoms with Crippen LogP contribution in [0.4, 0.5) is 4.39 Å². The van der Waals surface area contributed by atoms with E-state index in [4.69, 9.17) is 11.6 Å². The fourth-order valence-electron chi connectivity index (χ4n) is 2.70. The molecule has 0 aromatic heterocycles. The van der Waals surface area contributed by atoms with E-state index in [9.17, 15) is 9.50 Å². The van der Waals surface area contributed by atoms with E-state index in [1.54, 1.807) is 12.1 Å². The molecule has 4 heteroatoms. The molecule has 1 N–H and O–H groups in total. The van der Waals surface area contributed by atoms with Gasteiger partial charge in [0.05, 0.1) is 11.6 Å². The molecule has 100 valence electrons. The SMILES string of the molecule is C[C@@H]1CCCN(Cc2ccc(F)c(Cl)c2)[C@H]1CO. The van der Waals surface area contributed by atoms with Gasteiger partial charge in [0.2, 0.25) is 0 Å². The third-order valence-corrected chi connectivity index (χ3v) is 4.08. The van der Waals surface area contributed by atoms with E-state index in [-0.39, 0.29) is 23.5 Å². The van der Waals surface area contributed by atoms with Crippen LogP contribution in [0.2, 0.25) is 5.02 Å². The molecule has 1 heterocycles. The van der Waals surface area contributed by atoms with Gasteiger partial charge in [-0.1, -0.05) is 24.6 Å². The summed E-state index contributed by atoms with van der Waals surface area (Å²) in [6.45, 7) is 4.04. The summed E-state index contributed by atoms with van der Waals surface area (Å²) in [5.41, 5.74) is 0.994. The average molecular weight is 272 g/mol. The van der Waals surface area contributed by atoms with Gasteiger partial charge in [-0.05, 0) is 43.0 Å². The van der Waals surface area contributed by atoms with E-state index in [0.29, 0.717) is 5.92 Å². The van der Waals surface area contributed by atoms with Crippen molar-refractivity contribution < 1.29 is 9.50 Å². The van der Waals surface area contributed by atoms with Gasteiger partial charge in [0.25, 0.3) is 0 Å². The van der Waals surface area contributed by atoms with Gasteiger partial charge in [-0.25, -0.2) is 4.39 Å². The summed E-state index contributed by atoms with van der Waals surface area (Å²) < 4.78 is 13.1. The summed E-state index contributed by atoms with van der Waals surface area (Å²) in [5, 5.41) is 9.65. The van der Waals surface area contributed by atoms with Gasteiger partial charge in [-0.2, -0.15) is 0 Å². The van der Waals surface area contributed by atoms with Crippen LogP contribution in [-0.4, -0.2) is 29.2 Å². The molecule has 1 fully saturated rings. The summed E-state index contributed by atoms with van der Waals surface area (Å²) in [7, 11) is 0. The number of aliphatic hydroxyl groups excluding tert-OH is 1. The quantitative estimate of drug-likeness (QED) is 0.913. The fourth-order valence-corrected chi connectivity index (χ4v) is 2.90. The first-order chi connectivity index (χ1) is 8.61. The molecular weight excluding hydrogens is 253 g/mol. The van der Waals surface area contributed by atoms with Crippen molar-refractivity contribution in [2.75, 3.05) is 13.2 Å². The number of halogens is 2. The van der Waals surface area contributed by atoms with Gasteiger partial charge in [-0.3, -0.25) is 4.90 Å². The minimum Gasteiger partial charge on any atom is -0.395 e. The van der Waals surface area contributed by atoms with Crippen molar-refractivity contribution in [2.45, 2.75) is 32.4 Å². The zero-order chi connectivity index (χ0) is 13.1. The molecule has 1 aromatic rings. The fraction of sp³-hybridized carbons (Fsp3) is 0.571. The van der Waals surface area contributed by atoms with Gasteiger partial charge in [0.15, 0.2) is 0 Å². The third kappa shape index (κ3) is 3.02. The van der Waals surface area contributed by atoms with Crippen LogP contribution < -0.4 is 0 Å². The highest BCUT2D eigenvalue weighted by atomic mass is 35.5. The normalized spacial score (nSPS) is 25.3. The summed E-state index contributed by atoms with van der Waals surface area (Å²) >= 11 is 5.79. The molecule has 1 aliphatic rings. The van der Waals surface area contributed by atoms with Crippen molar-refractivity contribution in [3.63, 3.8) is 0 Å². The molecular formula is C14H19ClFNO. The first-order valence-corrected chi connectivity index (χ1v) is 6.78. The number of hydrogen-bond donors (Lipinski definition) is 1. The lowest BCUT2D eigenvalue weighted by Gasteiger charge is -2.39. The molecule has 0 bridgehead atoms. The molecule has 1 aromatic carbocycles. The maximum Gasteiger partial charge on any atom is 0.141 e. The largest absolute Gasteiger partial charge is 0.395 e. The second-order valence-corrected chi connectivity index (χ2v) is 5.50. The molecule has 18 heavy (non-hydrogen) atoms. The van der Waals surface area contributed by atoms with E-state index in [0.717, 1.165) is 31.5 Å². The maximum absolute atomic E-state index is 13.1. The number of nitrogens with zero attached hydrogens (tertiary/aromatic N) is 1. The van der Waals surface area contributed by atoms with Crippen molar-refractivity contribution in [1.29, 1.82) is 0 Å². The molecule has 0 spiro atoms. The molecule has 0 aliphatic carbocycles. The van der Waals surface area contributed by atoms with Crippen LogP contribution >= 0.6 is 11.6 Å². The zero-order valence-corrected chi connectivity index (χ0v) is 11.3. The molecule has 0 radical (unpaired) electrons. The monoisotopic (exact) mass is 271 g/mol. The third-order valence-electron chi connectivity index (χ3n) is 3.79. The zero-order valence-electron chi connectivity index (χ0n) is 10.6. The number of benzene rings is 1. The molecule has 1 aliphatic heterocycles. The van der Waals surface area contributed by atoms with Crippen molar-refractivity contribution in [3.05, 3.63) is 34.6 Å². The second kappa shape index (κ2) is 6.00. The van der Waals surface area contributed by atoms with Gasteiger partial charge >= 0.3 is 0 Å². The first-order valence-electron chi connectivity index (χ1n) is 6.40. The standard InChI is InChI=1S/C14H19ClFNO/c1-10-3-2-6-17(14(10)9-18)8-11-4-5-13(16)12(15)7-11/h4-5,7,10,14,18H,2-3,6,8-9H2,1H3/t10-,14+/m1/s1. The van der Waals surface area contributed by atoms with Crippen LogP contribution in [-0.2, 0) is 6.54 Å². The molecule has 0 unspecified atom stereocenters. The van der Waals surface area contributed by atoms with E-state index < -0.39 is 0 Å². The Kier molecular flexibility index (Phi) is 4.60. The number of rotatable bonds is 3. The first kappa shape index (κ1) is 13.8. The molecule has 2 nitrogen and oxygen atoms in total. The van der Waals surface area contributed by atoms with Crippen LogP contribution in [0.15, 0.2) is 18.2 Å². The summed E-state index contributed by atoms with van der Waals surface area (Å²) in [4.78, 5) is 2.26. The van der Waals surface area contributed by atoms with E-state index in [1.165, 1.54) is 6.07 Å².